The lowest BCUT2D eigenvalue weighted by atomic mass is 9.90. The zero-order valence-electron chi connectivity index (χ0n) is 13.4. The number of hydrogen-bond acceptors (Lipinski definition) is 5. The van der Waals surface area contributed by atoms with Crippen LogP contribution in [0.1, 0.15) is 12.5 Å². The van der Waals surface area contributed by atoms with Gasteiger partial charge in [0.15, 0.2) is 11.5 Å². The fraction of sp³-hybridized carbons (Fsp3) is 0.533. The summed E-state index contributed by atoms with van der Waals surface area (Å²) >= 11 is 0. The Kier molecular flexibility index (Phi) is 5.99. The second-order valence-electron chi connectivity index (χ2n) is 5.29. The molecule has 1 amide bonds. The maximum Gasteiger partial charge on any atom is 0.242 e. The van der Waals surface area contributed by atoms with Crippen LogP contribution < -0.4 is 20.5 Å². The number of primary amides is 1. The Labute approximate surface area is 126 Å². The van der Waals surface area contributed by atoms with Crippen molar-refractivity contribution >= 4 is 5.91 Å². The zero-order chi connectivity index (χ0) is 16.0. The average Bonchev–Trinajstić information content (AvgIpc) is 2.45. The van der Waals surface area contributed by atoms with Gasteiger partial charge in [-0.1, -0.05) is 6.07 Å². The predicted octanol–water partition coefficient (Wildman–Crippen LogP) is 0.556. The molecule has 3 N–H and O–H groups in total. The molecule has 0 radical (unpaired) electrons. The van der Waals surface area contributed by atoms with Gasteiger partial charge in [0.1, 0.15) is 5.54 Å². The van der Waals surface area contributed by atoms with Gasteiger partial charge in [0, 0.05) is 13.1 Å². The van der Waals surface area contributed by atoms with Crippen LogP contribution in [0.15, 0.2) is 18.2 Å². The summed E-state index contributed by atoms with van der Waals surface area (Å²) in [7, 11) is 7.07. The lowest BCUT2D eigenvalue weighted by Gasteiger charge is -2.29. The lowest BCUT2D eigenvalue weighted by molar-refractivity contribution is -0.124. The molecule has 21 heavy (non-hydrogen) atoms. The fourth-order valence-electron chi connectivity index (χ4n) is 2.01. The molecule has 0 saturated heterocycles. The largest absolute Gasteiger partial charge is 0.493 e. The van der Waals surface area contributed by atoms with Gasteiger partial charge in [-0.25, -0.2) is 0 Å². The van der Waals surface area contributed by atoms with Crippen LogP contribution in [0, 0.1) is 0 Å². The number of hydrogen-bond donors (Lipinski definition) is 2. The van der Waals surface area contributed by atoms with Crippen molar-refractivity contribution < 1.29 is 14.3 Å². The molecule has 118 valence electrons. The monoisotopic (exact) mass is 295 g/mol. The van der Waals surface area contributed by atoms with Gasteiger partial charge >= 0.3 is 0 Å². The standard InChI is InChI=1S/C15H25N3O3/c1-15(14(16)19,17-8-9-18(2)3)11-6-7-12(20-4)13(10-11)21-5/h6-7,10,17H,8-9H2,1-5H3,(H2,16,19). The number of carbonyl (C=O) groups is 1. The third-order valence-corrected chi connectivity index (χ3v) is 3.49. The summed E-state index contributed by atoms with van der Waals surface area (Å²) in [6, 6.07) is 5.35. The topological polar surface area (TPSA) is 76.8 Å². The van der Waals surface area contributed by atoms with Crippen molar-refractivity contribution in [3.05, 3.63) is 23.8 Å². The number of nitrogens with two attached hydrogens (primary N) is 1. The van der Waals surface area contributed by atoms with Crippen LogP contribution in [0.4, 0.5) is 0 Å². The second kappa shape index (κ2) is 7.28. The first-order valence-electron chi connectivity index (χ1n) is 6.77. The van der Waals surface area contributed by atoms with Crippen molar-refractivity contribution in [1.29, 1.82) is 0 Å². The molecule has 0 aliphatic heterocycles. The number of carbonyl (C=O) groups excluding carboxylic acids is 1. The molecule has 6 nitrogen and oxygen atoms in total. The third-order valence-electron chi connectivity index (χ3n) is 3.49. The molecular formula is C15H25N3O3. The van der Waals surface area contributed by atoms with Crippen LogP contribution in [0.2, 0.25) is 0 Å². The Morgan fingerprint density at radius 3 is 2.38 bits per heavy atom. The van der Waals surface area contributed by atoms with Crippen LogP contribution in [-0.4, -0.2) is 52.2 Å². The van der Waals surface area contributed by atoms with Gasteiger partial charge in [0.05, 0.1) is 14.2 Å². The molecule has 1 atom stereocenters. The molecule has 0 aromatic heterocycles. The van der Waals surface area contributed by atoms with Gasteiger partial charge in [-0.05, 0) is 38.7 Å². The first kappa shape index (κ1) is 17.3. The van der Waals surface area contributed by atoms with E-state index in [2.05, 4.69) is 5.32 Å². The average molecular weight is 295 g/mol. The van der Waals surface area contributed by atoms with E-state index in [9.17, 15) is 4.79 Å². The van der Waals surface area contributed by atoms with E-state index in [-0.39, 0.29) is 0 Å². The first-order valence-corrected chi connectivity index (χ1v) is 6.77. The van der Waals surface area contributed by atoms with Crippen molar-refractivity contribution in [2.24, 2.45) is 5.73 Å². The minimum atomic E-state index is -0.963. The molecule has 0 aliphatic rings. The van der Waals surface area contributed by atoms with Gasteiger partial charge in [-0.3, -0.25) is 10.1 Å². The molecule has 0 heterocycles. The van der Waals surface area contributed by atoms with E-state index in [1.54, 1.807) is 33.3 Å². The van der Waals surface area contributed by atoms with E-state index in [1.165, 1.54) is 0 Å². The molecule has 1 aromatic rings. The summed E-state index contributed by atoms with van der Waals surface area (Å²) in [5, 5.41) is 3.22. The molecule has 0 saturated carbocycles. The van der Waals surface area contributed by atoms with Crippen molar-refractivity contribution in [3.8, 4) is 11.5 Å². The van der Waals surface area contributed by atoms with Gasteiger partial charge in [-0.15, -0.1) is 0 Å². The smallest absolute Gasteiger partial charge is 0.242 e. The summed E-state index contributed by atoms with van der Waals surface area (Å²) in [4.78, 5) is 14.0. The van der Waals surface area contributed by atoms with Crippen LogP contribution >= 0.6 is 0 Å². The van der Waals surface area contributed by atoms with Crippen LogP contribution in [-0.2, 0) is 10.3 Å². The highest BCUT2D eigenvalue weighted by Gasteiger charge is 2.33. The Bertz CT molecular complexity index is 491. The van der Waals surface area contributed by atoms with Crippen molar-refractivity contribution in [2.45, 2.75) is 12.5 Å². The Hall–Kier alpha value is -1.79. The van der Waals surface area contributed by atoms with Gasteiger partial charge in [0.2, 0.25) is 5.91 Å². The second-order valence-corrected chi connectivity index (χ2v) is 5.29. The Balaban J connectivity index is 3.07. The Morgan fingerprint density at radius 2 is 1.90 bits per heavy atom. The third kappa shape index (κ3) is 4.09. The molecule has 6 heteroatoms. The molecule has 0 bridgehead atoms. The summed E-state index contributed by atoms with van der Waals surface area (Å²) in [6.45, 7) is 3.21. The number of ether oxygens (including phenoxy) is 2. The number of likely N-dealkylation sites (N-methyl/N-ethyl adjacent to an activating group) is 1. The maximum atomic E-state index is 11.9. The summed E-state index contributed by atoms with van der Waals surface area (Å²) in [5.41, 5.74) is 5.37. The molecule has 0 aliphatic carbocycles. The fourth-order valence-corrected chi connectivity index (χ4v) is 2.01. The Morgan fingerprint density at radius 1 is 1.29 bits per heavy atom. The summed E-state index contributed by atoms with van der Waals surface area (Å²) in [6.07, 6.45) is 0. The highest BCUT2D eigenvalue weighted by molar-refractivity contribution is 5.86. The van der Waals surface area contributed by atoms with E-state index >= 15 is 0 Å². The molecular weight excluding hydrogens is 270 g/mol. The summed E-state index contributed by atoms with van der Waals surface area (Å²) in [5.74, 6) is 0.742. The highest BCUT2D eigenvalue weighted by atomic mass is 16.5. The predicted molar refractivity (Wildman–Crippen MR) is 82.6 cm³/mol. The lowest BCUT2D eigenvalue weighted by Crippen LogP contribution is -2.51. The molecule has 1 aromatic carbocycles. The number of rotatable bonds is 8. The van der Waals surface area contributed by atoms with Gasteiger partial charge in [-0.2, -0.15) is 0 Å². The van der Waals surface area contributed by atoms with Crippen LogP contribution in [0.25, 0.3) is 0 Å². The normalized spacial score (nSPS) is 13.8. The zero-order valence-corrected chi connectivity index (χ0v) is 13.4. The SMILES string of the molecule is COc1ccc(C(C)(NCCN(C)C)C(N)=O)cc1OC. The number of methoxy groups -OCH3 is 2. The molecule has 0 spiro atoms. The summed E-state index contributed by atoms with van der Waals surface area (Å²) < 4.78 is 10.5. The van der Waals surface area contributed by atoms with Gasteiger partial charge < -0.3 is 20.1 Å². The first-order chi connectivity index (χ1) is 9.85. The highest BCUT2D eigenvalue weighted by Crippen LogP contribution is 2.32. The van der Waals surface area contributed by atoms with Crippen molar-refractivity contribution in [1.82, 2.24) is 10.2 Å². The number of amides is 1. The van der Waals surface area contributed by atoms with E-state index in [0.29, 0.717) is 18.0 Å². The molecule has 1 unspecified atom stereocenters. The van der Waals surface area contributed by atoms with Crippen LogP contribution in [0.5, 0.6) is 11.5 Å². The van der Waals surface area contributed by atoms with Crippen molar-refractivity contribution in [2.75, 3.05) is 41.4 Å². The number of benzene rings is 1. The number of nitrogens with one attached hydrogen (secondary N) is 1. The van der Waals surface area contributed by atoms with E-state index in [0.717, 1.165) is 12.1 Å². The molecule has 1 rings (SSSR count). The quantitative estimate of drug-likeness (QED) is 0.732. The minimum absolute atomic E-state index is 0.437. The van der Waals surface area contributed by atoms with E-state index in [4.69, 9.17) is 15.2 Å². The van der Waals surface area contributed by atoms with Crippen LogP contribution in [0.3, 0.4) is 0 Å². The van der Waals surface area contributed by atoms with Gasteiger partial charge in [0.25, 0.3) is 0 Å². The maximum absolute atomic E-state index is 11.9. The van der Waals surface area contributed by atoms with E-state index in [1.807, 2.05) is 25.1 Å². The number of nitrogens with zero attached hydrogens (tertiary/aromatic N) is 1. The minimum Gasteiger partial charge on any atom is -0.493 e. The molecule has 0 fully saturated rings. The van der Waals surface area contributed by atoms with E-state index < -0.39 is 11.4 Å². The van der Waals surface area contributed by atoms with Crippen molar-refractivity contribution in [3.63, 3.8) is 0 Å².